The summed E-state index contributed by atoms with van der Waals surface area (Å²) in [6, 6.07) is 14.4. The molecule has 0 aliphatic carbocycles. The third kappa shape index (κ3) is 5.87. The Balaban J connectivity index is 1.30. The van der Waals surface area contributed by atoms with E-state index in [0.29, 0.717) is 15.3 Å². The molecule has 14 nitrogen and oxygen atoms in total. The van der Waals surface area contributed by atoms with Crippen molar-refractivity contribution in [3.63, 3.8) is 0 Å². The SMILES string of the molecule is C[C@@H](OC(=O)OCc1ccccc1[N+](=O)[O-])[C@H]1C(=O)N2C(C(=O)OCc3ccccc3[N+](=O)[O-])=C(c3ccc(CO)s3)C[C@H]12. The summed E-state index contributed by atoms with van der Waals surface area (Å²) in [6.07, 6.45) is -1.87. The van der Waals surface area contributed by atoms with Crippen molar-refractivity contribution in [3.05, 3.63) is 107 Å². The molecular formula is C29H25N3O11S. The summed E-state index contributed by atoms with van der Waals surface area (Å²) >= 11 is 1.24. The number of rotatable bonds is 11. The maximum Gasteiger partial charge on any atom is 0.508 e. The first-order valence-corrected chi connectivity index (χ1v) is 14.1. The van der Waals surface area contributed by atoms with Crippen LogP contribution in [0.4, 0.5) is 16.2 Å². The Morgan fingerprint density at radius 3 is 2.14 bits per heavy atom. The van der Waals surface area contributed by atoms with Gasteiger partial charge in [-0.05, 0) is 37.6 Å². The van der Waals surface area contributed by atoms with Crippen molar-refractivity contribution in [2.75, 3.05) is 0 Å². The number of carbonyl (C=O) groups is 3. The van der Waals surface area contributed by atoms with Crippen LogP contribution in [-0.2, 0) is 43.6 Å². The van der Waals surface area contributed by atoms with Crippen LogP contribution in [0.25, 0.3) is 5.57 Å². The fourth-order valence-electron chi connectivity index (χ4n) is 5.32. The Hall–Kier alpha value is -5.15. The summed E-state index contributed by atoms with van der Waals surface area (Å²) in [6.45, 7) is 0.471. The molecule has 1 amide bonds. The van der Waals surface area contributed by atoms with Crippen LogP contribution < -0.4 is 0 Å². The van der Waals surface area contributed by atoms with E-state index >= 15 is 0 Å². The summed E-state index contributed by atoms with van der Waals surface area (Å²) in [5.41, 5.74) is 0.378. The highest BCUT2D eigenvalue weighted by Crippen LogP contribution is 2.49. The van der Waals surface area contributed by atoms with E-state index in [4.69, 9.17) is 14.2 Å². The minimum Gasteiger partial charge on any atom is -0.456 e. The number of thiophene rings is 1. The largest absolute Gasteiger partial charge is 0.508 e. The molecule has 5 rings (SSSR count). The number of hydrogen-bond acceptors (Lipinski definition) is 12. The molecule has 1 fully saturated rings. The van der Waals surface area contributed by atoms with E-state index in [1.165, 1.54) is 59.6 Å². The molecule has 1 aromatic heterocycles. The molecular weight excluding hydrogens is 598 g/mol. The molecule has 2 aromatic carbocycles. The van der Waals surface area contributed by atoms with Crippen molar-refractivity contribution in [3.8, 4) is 0 Å². The van der Waals surface area contributed by atoms with Gasteiger partial charge in [-0.1, -0.05) is 24.3 Å². The van der Waals surface area contributed by atoms with Gasteiger partial charge in [0.05, 0.1) is 39.5 Å². The van der Waals surface area contributed by atoms with Gasteiger partial charge in [0.1, 0.15) is 25.0 Å². The highest BCUT2D eigenvalue weighted by Gasteiger charge is 2.58. The van der Waals surface area contributed by atoms with Gasteiger partial charge >= 0.3 is 12.1 Å². The van der Waals surface area contributed by atoms with Crippen LogP contribution in [0.2, 0.25) is 0 Å². The second-order valence-electron chi connectivity index (χ2n) is 9.97. The minimum absolute atomic E-state index is 0.0210. The fraction of sp³-hybridized carbons (Fsp3) is 0.276. The van der Waals surface area contributed by atoms with Crippen LogP contribution in [0.3, 0.4) is 0 Å². The summed E-state index contributed by atoms with van der Waals surface area (Å²) in [4.78, 5) is 63.2. The van der Waals surface area contributed by atoms with Crippen molar-refractivity contribution in [2.24, 2.45) is 5.92 Å². The number of amides is 1. The number of β-lactam (4-membered cyclic amide) rings is 1. The molecule has 228 valence electrons. The van der Waals surface area contributed by atoms with Gasteiger partial charge in [-0.2, -0.15) is 0 Å². The van der Waals surface area contributed by atoms with Crippen molar-refractivity contribution in [1.29, 1.82) is 0 Å². The van der Waals surface area contributed by atoms with Gasteiger partial charge in [0.2, 0.25) is 5.91 Å². The first kappa shape index (κ1) is 30.3. The van der Waals surface area contributed by atoms with Gasteiger partial charge in [0.25, 0.3) is 11.4 Å². The van der Waals surface area contributed by atoms with E-state index in [2.05, 4.69) is 0 Å². The van der Waals surface area contributed by atoms with Gasteiger partial charge in [-0.15, -0.1) is 11.3 Å². The quantitative estimate of drug-likeness (QED) is 0.137. The van der Waals surface area contributed by atoms with E-state index in [9.17, 15) is 39.7 Å². The molecule has 1 saturated heterocycles. The van der Waals surface area contributed by atoms with E-state index < -0.39 is 59.2 Å². The number of fused-ring (bicyclic) bond motifs is 1. The molecule has 0 radical (unpaired) electrons. The number of nitro benzene ring substituents is 2. The molecule has 0 bridgehead atoms. The maximum atomic E-state index is 13.4. The number of carbonyl (C=O) groups excluding carboxylic acids is 3. The van der Waals surface area contributed by atoms with Crippen LogP contribution >= 0.6 is 11.3 Å². The van der Waals surface area contributed by atoms with E-state index in [1.54, 1.807) is 24.3 Å². The molecule has 44 heavy (non-hydrogen) atoms. The average Bonchev–Trinajstić information content (AvgIpc) is 3.62. The Morgan fingerprint density at radius 1 is 0.977 bits per heavy atom. The maximum absolute atomic E-state index is 13.4. The number of hydrogen-bond donors (Lipinski definition) is 1. The number of para-hydroxylation sites is 2. The molecule has 3 atom stereocenters. The molecule has 0 unspecified atom stereocenters. The second-order valence-corrected chi connectivity index (χ2v) is 11.1. The number of aliphatic hydroxyl groups is 1. The molecule has 3 aromatic rings. The third-order valence-electron chi connectivity index (χ3n) is 7.39. The topological polar surface area (TPSA) is 189 Å². The Labute approximate surface area is 253 Å². The van der Waals surface area contributed by atoms with Crippen molar-refractivity contribution >= 4 is 46.3 Å². The highest BCUT2D eigenvalue weighted by atomic mass is 32.1. The van der Waals surface area contributed by atoms with Crippen molar-refractivity contribution in [2.45, 2.75) is 45.3 Å². The van der Waals surface area contributed by atoms with Crippen LogP contribution in [0.15, 0.2) is 66.4 Å². The van der Waals surface area contributed by atoms with Crippen LogP contribution in [0, 0.1) is 26.1 Å². The number of aliphatic hydroxyl groups excluding tert-OH is 1. The summed E-state index contributed by atoms with van der Waals surface area (Å²) in [5.74, 6) is -2.19. The van der Waals surface area contributed by atoms with Gasteiger partial charge in [-0.3, -0.25) is 25.0 Å². The normalized spacial score (nSPS) is 17.9. The monoisotopic (exact) mass is 623 g/mol. The average molecular weight is 624 g/mol. The number of ether oxygens (including phenoxy) is 3. The summed E-state index contributed by atoms with van der Waals surface area (Å²) in [5, 5.41) is 32.2. The van der Waals surface area contributed by atoms with Crippen LogP contribution in [0.5, 0.6) is 0 Å². The number of esters is 1. The van der Waals surface area contributed by atoms with Gasteiger partial charge < -0.3 is 24.2 Å². The predicted octanol–water partition coefficient (Wildman–Crippen LogP) is 4.48. The van der Waals surface area contributed by atoms with Crippen LogP contribution in [0.1, 0.15) is 34.2 Å². The first-order chi connectivity index (χ1) is 21.1. The highest BCUT2D eigenvalue weighted by molar-refractivity contribution is 7.13. The fourth-order valence-corrected chi connectivity index (χ4v) is 6.24. The van der Waals surface area contributed by atoms with E-state index in [0.717, 1.165) is 0 Å². The zero-order chi connectivity index (χ0) is 31.5. The standard InChI is InChI=1S/C29H25N3O11S/c1-16(43-29(36)42-15-18-7-3-5-9-22(18)32(39)40)25-23-12-20(24-11-10-19(13-33)44-24)26(30(23)27(25)34)28(35)41-14-17-6-2-4-8-21(17)31(37)38/h2-11,16,23,25,33H,12-15H2,1H3/t16-,23-,25-/m1/s1. The molecule has 2 aliphatic rings. The van der Waals surface area contributed by atoms with Crippen molar-refractivity contribution in [1.82, 2.24) is 4.90 Å². The lowest BCUT2D eigenvalue weighted by Gasteiger charge is -2.45. The minimum atomic E-state index is -1.12. The Bertz CT molecular complexity index is 1680. The zero-order valence-electron chi connectivity index (χ0n) is 23.1. The zero-order valence-corrected chi connectivity index (χ0v) is 23.9. The first-order valence-electron chi connectivity index (χ1n) is 13.3. The second kappa shape index (κ2) is 12.6. The number of nitro groups is 2. The Morgan fingerprint density at radius 2 is 1.57 bits per heavy atom. The summed E-state index contributed by atoms with van der Waals surface area (Å²) < 4.78 is 15.9. The van der Waals surface area contributed by atoms with Gasteiger partial charge in [-0.25, -0.2) is 9.59 Å². The van der Waals surface area contributed by atoms with E-state index in [-0.39, 0.29) is 41.2 Å². The van der Waals surface area contributed by atoms with Crippen molar-refractivity contribution < 1.29 is 43.5 Å². The molecule has 3 heterocycles. The molecule has 0 saturated carbocycles. The van der Waals surface area contributed by atoms with Gasteiger partial charge in [0, 0.05) is 27.5 Å². The van der Waals surface area contributed by atoms with Gasteiger partial charge in [0.15, 0.2) is 0 Å². The lowest BCUT2D eigenvalue weighted by atomic mass is 9.83. The number of nitrogens with zero attached hydrogens (tertiary/aromatic N) is 3. The van der Waals surface area contributed by atoms with E-state index in [1.807, 2.05) is 0 Å². The predicted molar refractivity (Wildman–Crippen MR) is 153 cm³/mol. The lowest BCUT2D eigenvalue weighted by molar-refractivity contribution is -0.386. The molecule has 2 aliphatic heterocycles. The molecule has 1 N–H and O–H groups in total. The Kier molecular flexibility index (Phi) is 8.69. The smallest absolute Gasteiger partial charge is 0.456 e. The van der Waals surface area contributed by atoms with Crippen LogP contribution in [-0.4, -0.2) is 50.0 Å². The molecule has 15 heteroatoms. The third-order valence-corrected chi connectivity index (χ3v) is 8.52. The number of benzene rings is 2. The summed E-state index contributed by atoms with van der Waals surface area (Å²) in [7, 11) is 0. The molecule has 0 spiro atoms. The lowest BCUT2D eigenvalue weighted by Crippen LogP contribution is -2.62.